The minimum atomic E-state index is -1.35. The Bertz CT molecular complexity index is 1360. The van der Waals surface area contributed by atoms with Gasteiger partial charge in [-0.2, -0.15) is 0 Å². The minimum absolute atomic E-state index is 0.133. The molecule has 8 heteroatoms. The summed E-state index contributed by atoms with van der Waals surface area (Å²) >= 11 is 0. The number of oxazole rings is 1. The monoisotopic (exact) mass is 501 g/mol. The molecule has 37 heavy (non-hydrogen) atoms. The average Bonchev–Trinajstić information content (AvgIpc) is 3.40. The number of nitrogens with zero attached hydrogens (tertiary/aromatic N) is 1. The van der Waals surface area contributed by atoms with E-state index in [1.807, 2.05) is 30.3 Å². The summed E-state index contributed by atoms with van der Waals surface area (Å²) in [5.41, 5.74) is 2.18. The van der Waals surface area contributed by atoms with E-state index in [0.29, 0.717) is 41.7 Å². The first kappa shape index (κ1) is 25.5. The maximum atomic E-state index is 13.1. The molecule has 4 aromatic rings. The van der Waals surface area contributed by atoms with Crippen LogP contribution in [0, 0.1) is 5.92 Å². The molecule has 0 aliphatic rings. The molecule has 1 unspecified atom stereocenters. The van der Waals surface area contributed by atoms with E-state index in [1.165, 1.54) is 6.26 Å². The molecule has 0 aliphatic carbocycles. The van der Waals surface area contributed by atoms with Crippen LogP contribution in [0.3, 0.4) is 0 Å². The number of carbonyl (C=O) groups is 2. The van der Waals surface area contributed by atoms with Crippen LogP contribution in [0.4, 0.5) is 0 Å². The van der Waals surface area contributed by atoms with Gasteiger partial charge < -0.3 is 23.7 Å². The van der Waals surface area contributed by atoms with Gasteiger partial charge in [0.15, 0.2) is 17.3 Å². The van der Waals surface area contributed by atoms with Crippen molar-refractivity contribution in [2.24, 2.45) is 5.92 Å². The summed E-state index contributed by atoms with van der Waals surface area (Å²) in [6.07, 6.45) is 1.23. The fraction of sp³-hybridized carbons (Fsp3) is 0.207. The number of hydrogen-bond donors (Lipinski definition) is 1. The quantitative estimate of drug-likeness (QED) is 0.202. The van der Waals surface area contributed by atoms with Gasteiger partial charge in [-0.15, -0.1) is 0 Å². The van der Waals surface area contributed by atoms with Gasteiger partial charge in [0.05, 0.1) is 25.0 Å². The van der Waals surface area contributed by atoms with Crippen molar-refractivity contribution in [2.45, 2.75) is 20.0 Å². The molecule has 3 aromatic carbocycles. The SMILES string of the molecule is CCOc1ccccc1C(=O)C(Cc1coc(-c2ccc(OC)c(OCc3ccccc3)c2)n1)C(=O)O. The van der Waals surface area contributed by atoms with Crippen LogP contribution in [0.2, 0.25) is 0 Å². The van der Waals surface area contributed by atoms with E-state index in [-0.39, 0.29) is 17.9 Å². The number of benzene rings is 3. The summed E-state index contributed by atoms with van der Waals surface area (Å²) in [4.78, 5) is 29.6. The van der Waals surface area contributed by atoms with Gasteiger partial charge in [-0.05, 0) is 42.8 Å². The molecule has 190 valence electrons. The van der Waals surface area contributed by atoms with Gasteiger partial charge >= 0.3 is 5.97 Å². The van der Waals surface area contributed by atoms with Crippen molar-refractivity contribution in [1.82, 2.24) is 4.98 Å². The van der Waals surface area contributed by atoms with Crippen molar-refractivity contribution >= 4 is 11.8 Å². The predicted molar refractivity (Wildman–Crippen MR) is 136 cm³/mol. The van der Waals surface area contributed by atoms with Crippen molar-refractivity contribution in [1.29, 1.82) is 0 Å². The highest BCUT2D eigenvalue weighted by Crippen LogP contribution is 2.33. The molecule has 4 rings (SSSR count). The number of aromatic nitrogens is 1. The molecular formula is C29H27NO7. The topological polar surface area (TPSA) is 108 Å². The highest BCUT2D eigenvalue weighted by molar-refractivity contribution is 6.09. The molecule has 1 aromatic heterocycles. The number of carboxylic acids is 1. The molecule has 0 aliphatic heterocycles. The zero-order valence-electron chi connectivity index (χ0n) is 20.5. The molecule has 1 atom stereocenters. The lowest BCUT2D eigenvalue weighted by Gasteiger charge is -2.13. The Morgan fingerprint density at radius 3 is 2.43 bits per heavy atom. The van der Waals surface area contributed by atoms with Crippen molar-refractivity contribution in [2.75, 3.05) is 13.7 Å². The van der Waals surface area contributed by atoms with Crippen LogP contribution in [0.5, 0.6) is 17.2 Å². The van der Waals surface area contributed by atoms with Crippen LogP contribution < -0.4 is 14.2 Å². The van der Waals surface area contributed by atoms with Crippen molar-refractivity contribution < 1.29 is 33.3 Å². The van der Waals surface area contributed by atoms with Crippen molar-refractivity contribution in [3.05, 3.63) is 95.9 Å². The third kappa shape index (κ3) is 6.16. The molecule has 0 saturated heterocycles. The van der Waals surface area contributed by atoms with Gasteiger partial charge in [-0.1, -0.05) is 42.5 Å². The third-order valence-electron chi connectivity index (χ3n) is 5.68. The van der Waals surface area contributed by atoms with Crippen LogP contribution >= 0.6 is 0 Å². The van der Waals surface area contributed by atoms with Crippen molar-refractivity contribution in [3.63, 3.8) is 0 Å². The Balaban J connectivity index is 1.53. The second-order valence-corrected chi connectivity index (χ2v) is 8.17. The highest BCUT2D eigenvalue weighted by atomic mass is 16.5. The summed E-state index contributed by atoms with van der Waals surface area (Å²) in [5.74, 6) is -1.47. The molecule has 0 fully saturated rings. The van der Waals surface area contributed by atoms with Crippen LogP contribution in [0.25, 0.3) is 11.5 Å². The highest BCUT2D eigenvalue weighted by Gasteiger charge is 2.30. The van der Waals surface area contributed by atoms with E-state index in [9.17, 15) is 14.7 Å². The molecule has 0 amide bonds. The van der Waals surface area contributed by atoms with E-state index < -0.39 is 17.7 Å². The zero-order chi connectivity index (χ0) is 26.2. The van der Waals surface area contributed by atoms with E-state index in [2.05, 4.69) is 4.98 Å². The van der Waals surface area contributed by atoms with Crippen LogP contribution in [-0.4, -0.2) is 35.6 Å². The third-order valence-corrected chi connectivity index (χ3v) is 5.68. The smallest absolute Gasteiger partial charge is 0.314 e. The molecule has 1 heterocycles. The average molecular weight is 502 g/mol. The fourth-order valence-corrected chi connectivity index (χ4v) is 3.83. The summed E-state index contributed by atoms with van der Waals surface area (Å²) in [5, 5.41) is 9.81. The lowest BCUT2D eigenvalue weighted by molar-refractivity contribution is -0.139. The number of Topliss-reactive ketones (excluding diaryl/α,β-unsaturated/α-hetero) is 1. The molecule has 8 nitrogen and oxygen atoms in total. The number of ketones is 1. The van der Waals surface area contributed by atoms with E-state index >= 15 is 0 Å². The Hall–Kier alpha value is -4.59. The van der Waals surface area contributed by atoms with Crippen LogP contribution in [-0.2, 0) is 17.8 Å². The number of aliphatic carboxylic acids is 1. The summed E-state index contributed by atoms with van der Waals surface area (Å²) in [7, 11) is 1.56. The maximum Gasteiger partial charge on any atom is 0.314 e. The fourth-order valence-electron chi connectivity index (χ4n) is 3.83. The second-order valence-electron chi connectivity index (χ2n) is 8.17. The van der Waals surface area contributed by atoms with Crippen LogP contribution in [0.1, 0.15) is 28.5 Å². The number of ether oxygens (including phenoxy) is 3. The number of carbonyl (C=O) groups excluding carboxylic acids is 1. The number of para-hydroxylation sites is 1. The first-order chi connectivity index (χ1) is 18.0. The van der Waals surface area contributed by atoms with Gasteiger partial charge in [-0.3, -0.25) is 9.59 Å². The molecule has 0 radical (unpaired) electrons. The zero-order valence-corrected chi connectivity index (χ0v) is 20.5. The number of hydrogen-bond acceptors (Lipinski definition) is 7. The van der Waals surface area contributed by atoms with Gasteiger partial charge in [-0.25, -0.2) is 4.98 Å². The van der Waals surface area contributed by atoms with E-state index in [0.717, 1.165) is 5.56 Å². The number of rotatable bonds is 12. The molecule has 0 saturated carbocycles. The molecule has 0 bridgehead atoms. The summed E-state index contributed by atoms with van der Waals surface area (Å²) in [6.45, 7) is 2.50. The second kappa shape index (κ2) is 11.9. The Labute approximate surface area is 214 Å². The van der Waals surface area contributed by atoms with Gasteiger partial charge in [0.2, 0.25) is 5.89 Å². The Kier molecular flexibility index (Phi) is 8.20. The lowest BCUT2D eigenvalue weighted by Crippen LogP contribution is -2.26. The first-order valence-electron chi connectivity index (χ1n) is 11.8. The van der Waals surface area contributed by atoms with E-state index in [1.54, 1.807) is 56.5 Å². The summed E-state index contributed by atoms with van der Waals surface area (Å²) in [6, 6.07) is 21.6. The normalized spacial score (nSPS) is 11.5. The predicted octanol–water partition coefficient (Wildman–Crippen LogP) is 5.45. The van der Waals surface area contributed by atoms with Crippen molar-refractivity contribution in [3.8, 4) is 28.7 Å². The number of methoxy groups -OCH3 is 1. The lowest BCUT2D eigenvalue weighted by atomic mass is 9.93. The van der Waals surface area contributed by atoms with Gasteiger partial charge in [0.1, 0.15) is 24.5 Å². The van der Waals surface area contributed by atoms with E-state index in [4.69, 9.17) is 18.6 Å². The maximum absolute atomic E-state index is 13.1. The molecular weight excluding hydrogens is 474 g/mol. The largest absolute Gasteiger partial charge is 0.493 e. The summed E-state index contributed by atoms with van der Waals surface area (Å²) < 4.78 is 22.5. The molecule has 0 spiro atoms. The standard InChI is InChI=1S/C29H27NO7/c1-3-35-24-12-8-7-11-22(24)27(31)23(29(32)33)16-21-18-37-28(30-21)20-13-14-25(34-2)26(15-20)36-17-19-9-5-4-6-10-19/h4-15,18,23H,3,16-17H2,1-2H3,(H,32,33). The van der Waals surface area contributed by atoms with Crippen LogP contribution in [0.15, 0.2) is 83.5 Å². The first-order valence-corrected chi connectivity index (χ1v) is 11.8. The van der Waals surface area contributed by atoms with Gasteiger partial charge in [0, 0.05) is 12.0 Å². The van der Waals surface area contributed by atoms with Gasteiger partial charge in [0.25, 0.3) is 0 Å². The Morgan fingerprint density at radius 1 is 0.946 bits per heavy atom. The minimum Gasteiger partial charge on any atom is -0.493 e. The molecule has 1 N–H and O–H groups in total. The Morgan fingerprint density at radius 2 is 1.70 bits per heavy atom. The number of carboxylic acid groups (broad SMARTS) is 1.